The van der Waals surface area contributed by atoms with Crippen molar-refractivity contribution in [1.29, 1.82) is 0 Å². The van der Waals surface area contributed by atoms with Crippen molar-refractivity contribution in [3.05, 3.63) is 40.7 Å². The average molecular weight is 292 g/mol. The first kappa shape index (κ1) is 13.0. The van der Waals surface area contributed by atoms with Crippen LogP contribution in [0.3, 0.4) is 0 Å². The minimum atomic E-state index is 0.0273. The molecule has 0 saturated carbocycles. The van der Waals surface area contributed by atoms with E-state index in [-0.39, 0.29) is 9.52 Å². The van der Waals surface area contributed by atoms with Crippen LogP contribution in [0.2, 0.25) is 0 Å². The van der Waals surface area contributed by atoms with Gasteiger partial charge in [-0.05, 0) is 24.5 Å². The fourth-order valence-electron chi connectivity index (χ4n) is 2.43. The number of nitrogens with zero attached hydrogens (tertiary/aromatic N) is 1. The zero-order chi connectivity index (χ0) is 13.4. The molecule has 0 aliphatic carbocycles. The molecule has 1 aromatic heterocycles. The van der Waals surface area contributed by atoms with E-state index < -0.39 is 0 Å². The lowest BCUT2D eigenvalue weighted by Gasteiger charge is -2.17. The molecule has 2 aromatic rings. The zero-order valence-corrected chi connectivity index (χ0v) is 12.4. The minimum Gasteiger partial charge on any atom is -0.618 e. The van der Waals surface area contributed by atoms with Crippen LogP contribution >= 0.6 is 20.3 Å². The maximum Gasteiger partial charge on any atom is 0.225 e. The van der Waals surface area contributed by atoms with Crippen molar-refractivity contribution in [1.82, 2.24) is 5.32 Å². The van der Waals surface area contributed by atoms with E-state index in [2.05, 4.69) is 29.6 Å². The Bertz CT molecular complexity index is 670. The predicted octanol–water partition coefficient (Wildman–Crippen LogP) is 2.46. The minimum absolute atomic E-state index is 0.0273. The summed E-state index contributed by atoms with van der Waals surface area (Å²) in [5.74, 6) is 4.00. The van der Waals surface area contributed by atoms with Gasteiger partial charge in [0.1, 0.15) is 0 Å². The van der Waals surface area contributed by atoms with Crippen LogP contribution in [0.1, 0.15) is 11.3 Å². The van der Waals surface area contributed by atoms with Gasteiger partial charge in [-0.1, -0.05) is 16.7 Å². The van der Waals surface area contributed by atoms with Gasteiger partial charge >= 0.3 is 0 Å². The lowest BCUT2D eigenvalue weighted by atomic mass is 10.0. The quantitative estimate of drug-likeness (QED) is 0.400. The summed E-state index contributed by atoms with van der Waals surface area (Å²) in [5, 5.41) is 16.8. The maximum atomic E-state index is 12.5. The highest BCUT2D eigenvalue weighted by Gasteiger charge is 2.20. The Hall–Kier alpha value is -1.04. The van der Waals surface area contributed by atoms with E-state index in [9.17, 15) is 5.21 Å². The van der Waals surface area contributed by atoms with Crippen LogP contribution in [0.25, 0.3) is 10.9 Å². The molecule has 5 heteroatoms. The number of benzene rings is 1. The fraction of sp³-hybridized carbons (Fsp3) is 0.286. The number of fused-ring (bicyclic) bond motifs is 2. The van der Waals surface area contributed by atoms with Crippen molar-refractivity contribution < 1.29 is 4.73 Å². The van der Waals surface area contributed by atoms with E-state index in [1.54, 1.807) is 10.8 Å². The first-order valence-electron chi connectivity index (χ1n) is 6.18. The first-order chi connectivity index (χ1) is 9.15. The zero-order valence-electron chi connectivity index (χ0n) is 10.8. The van der Waals surface area contributed by atoms with Gasteiger partial charge in [0, 0.05) is 41.4 Å². The molecule has 0 amide bonds. The topological polar surface area (TPSA) is 39.0 Å². The van der Waals surface area contributed by atoms with E-state index in [4.69, 9.17) is 0 Å². The molecular formula is C14H16N2OS2. The molecule has 2 heterocycles. The Morgan fingerprint density at radius 3 is 3.05 bits per heavy atom. The van der Waals surface area contributed by atoms with Gasteiger partial charge < -0.3 is 10.5 Å². The molecule has 100 valence electrons. The van der Waals surface area contributed by atoms with Crippen molar-refractivity contribution in [3.8, 4) is 0 Å². The molecule has 1 aliphatic heterocycles. The third-order valence-corrected chi connectivity index (χ3v) is 5.42. The highest BCUT2D eigenvalue weighted by Crippen LogP contribution is 2.34. The van der Waals surface area contributed by atoms with Crippen LogP contribution in [0, 0.1) is 5.21 Å². The number of aromatic nitrogens is 1. The molecule has 1 N–H and O–H groups in total. The monoisotopic (exact) mass is 292 g/mol. The molecule has 3 nitrogen and oxygen atoms in total. The molecule has 1 aromatic carbocycles. The number of rotatable bonds is 2. The Kier molecular flexibility index (Phi) is 3.52. The molecule has 3 rings (SSSR count). The van der Waals surface area contributed by atoms with Crippen molar-refractivity contribution >= 4 is 37.1 Å². The van der Waals surface area contributed by atoms with Crippen LogP contribution in [-0.4, -0.2) is 18.7 Å². The fourth-order valence-corrected chi connectivity index (χ4v) is 4.34. The number of pyridine rings is 1. The Morgan fingerprint density at radius 1 is 1.42 bits per heavy atom. The van der Waals surface area contributed by atoms with Gasteiger partial charge in [0.15, 0.2) is 5.69 Å². The largest absolute Gasteiger partial charge is 0.618 e. The van der Waals surface area contributed by atoms with E-state index >= 15 is 0 Å². The van der Waals surface area contributed by atoms with Crippen LogP contribution in [0.5, 0.6) is 0 Å². The molecule has 19 heavy (non-hydrogen) atoms. The normalized spacial score (nSPS) is 16.3. The van der Waals surface area contributed by atoms with Crippen molar-refractivity contribution in [3.63, 3.8) is 0 Å². The molecule has 1 aliphatic rings. The summed E-state index contributed by atoms with van der Waals surface area (Å²) in [6.07, 6.45) is 2.89. The SMILES string of the molecule is C=S(C)Sc1ccc2cc3c([n+]([O-])c2c1)CCNC3. The number of hydrogen-bond donors (Lipinski definition) is 1. The van der Waals surface area contributed by atoms with E-state index in [1.165, 1.54) is 0 Å². The van der Waals surface area contributed by atoms with Crippen molar-refractivity contribution in [2.75, 3.05) is 12.8 Å². The van der Waals surface area contributed by atoms with Gasteiger partial charge in [-0.15, -0.1) is 9.52 Å². The Morgan fingerprint density at radius 2 is 2.26 bits per heavy atom. The summed E-state index contributed by atoms with van der Waals surface area (Å²) in [4.78, 5) is 1.12. The highest BCUT2D eigenvalue weighted by molar-refractivity contribution is 8.83. The second kappa shape index (κ2) is 5.15. The summed E-state index contributed by atoms with van der Waals surface area (Å²) < 4.78 is 1.12. The lowest BCUT2D eigenvalue weighted by molar-refractivity contribution is -0.586. The summed E-state index contributed by atoms with van der Waals surface area (Å²) in [7, 11) is 1.74. The van der Waals surface area contributed by atoms with Gasteiger partial charge in [0.2, 0.25) is 5.52 Å². The van der Waals surface area contributed by atoms with Crippen LogP contribution in [0.15, 0.2) is 29.2 Å². The summed E-state index contributed by atoms with van der Waals surface area (Å²) in [6, 6.07) is 8.23. The predicted molar refractivity (Wildman–Crippen MR) is 84.8 cm³/mol. The molecule has 0 bridgehead atoms. The summed E-state index contributed by atoms with van der Waals surface area (Å²) in [6.45, 7) is 1.67. The van der Waals surface area contributed by atoms with Crippen LogP contribution < -0.4 is 10.0 Å². The molecule has 0 saturated heterocycles. The lowest BCUT2D eigenvalue weighted by Crippen LogP contribution is -2.39. The third-order valence-electron chi connectivity index (χ3n) is 3.26. The smallest absolute Gasteiger partial charge is 0.225 e. The van der Waals surface area contributed by atoms with E-state index in [1.807, 2.05) is 12.1 Å². The average Bonchev–Trinajstić information content (AvgIpc) is 2.39. The Balaban J connectivity index is 2.16. The van der Waals surface area contributed by atoms with E-state index in [0.29, 0.717) is 0 Å². The second-order valence-electron chi connectivity index (χ2n) is 4.71. The second-order valence-corrected chi connectivity index (χ2v) is 8.71. The molecule has 1 unspecified atom stereocenters. The van der Waals surface area contributed by atoms with Crippen LogP contribution in [0.4, 0.5) is 0 Å². The molecule has 0 fully saturated rings. The van der Waals surface area contributed by atoms with Gasteiger partial charge in [-0.3, -0.25) is 0 Å². The Labute approximate surface area is 118 Å². The van der Waals surface area contributed by atoms with Crippen molar-refractivity contribution in [2.24, 2.45) is 0 Å². The molecule has 0 radical (unpaired) electrons. The standard InChI is InChI=1S/C14H16N2OS2/c1-19(2)18-12-4-3-10-7-11-9-15-6-5-13(11)16(17)14(10)8-12/h3-4,7-8,15H,1,5-6,9H2,2H3. The van der Waals surface area contributed by atoms with Gasteiger partial charge in [0.05, 0.1) is 0 Å². The van der Waals surface area contributed by atoms with E-state index in [0.717, 1.165) is 51.3 Å². The molecule has 1 atom stereocenters. The van der Waals surface area contributed by atoms with Crippen LogP contribution in [-0.2, 0) is 13.0 Å². The van der Waals surface area contributed by atoms with Crippen molar-refractivity contribution in [2.45, 2.75) is 17.9 Å². The highest BCUT2D eigenvalue weighted by atomic mass is 33.1. The number of nitrogens with one attached hydrogen (secondary N) is 1. The molecular weight excluding hydrogens is 276 g/mol. The van der Waals surface area contributed by atoms with Gasteiger partial charge in [-0.25, -0.2) is 0 Å². The third kappa shape index (κ3) is 2.50. The summed E-state index contributed by atoms with van der Waals surface area (Å²) >= 11 is 0. The van der Waals surface area contributed by atoms with Gasteiger partial charge in [0.25, 0.3) is 0 Å². The number of hydrogen-bond acceptors (Lipinski definition) is 3. The summed E-state index contributed by atoms with van der Waals surface area (Å²) in [5.41, 5.74) is 2.82. The molecule has 0 spiro atoms. The maximum absolute atomic E-state index is 12.5. The first-order valence-corrected chi connectivity index (χ1v) is 9.31. The van der Waals surface area contributed by atoms with Gasteiger partial charge in [-0.2, -0.15) is 4.73 Å².